The molecule has 0 bridgehead atoms. The van der Waals surface area contributed by atoms with Gasteiger partial charge in [-0.1, -0.05) is 137 Å². The maximum atomic E-state index is 12.7. The van der Waals surface area contributed by atoms with Crippen LogP contribution in [0, 0.1) is 0 Å². The Morgan fingerprint density at radius 3 is 1.76 bits per heavy atom. The van der Waals surface area contributed by atoms with Crippen LogP contribution in [0.25, 0.3) is 0 Å². The summed E-state index contributed by atoms with van der Waals surface area (Å²) in [6.07, 6.45) is 46.2. The number of allylic oxidation sites excluding steroid dienone is 14. The van der Waals surface area contributed by atoms with E-state index in [1.54, 1.807) is 21.1 Å². The maximum absolute atomic E-state index is 12.7. The summed E-state index contributed by atoms with van der Waals surface area (Å²) in [5, 5.41) is 11.6. The van der Waals surface area contributed by atoms with Crippen molar-refractivity contribution in [1.29, 1.82) is 0 Å². The van der Waals surface area contributed by atoms with Crippen molar-refractivity contribution in [2.24, 2.45) is 0 Å². The highest BCUT2D eigenvalue weighted by atomic mass is 16.6. The molecule has 2 unspecified atom stereocenters. The minimum Gasteiger partial charge on any atom is -0.544 e. The van der Waals surface area contributed by atoms with Crippen LogP contribution >= 0.6 is 0 Å². The summed E-state index contributed by atoms with van der Waals surface area (Å²) in [6, 6.07) is -0.744. The number of carbonyl (C=O) groups excluding carboxylic acids is 3. The molecule has 0 radical (unpaired) electrons. The number of esters is 2. The average Bonchev–Trinajstić information content (AvgIpc) is 3.12. The minimum absolute atomic E-state index is 0.00347. The van der Waals surface area contributed by atoms with Gasteiger partial charge < -0.3 is 28.6 Å². The van der Waals surface area contributed by atoms with E-state index in [4.69, 9.17) is 14.2 Å². The Hall–Kier alpha value is -3.49. The zero-order valence-electron chi connectivity index (χ0n) is 34.6. The van der Waals surface area contributed by atoms with Crippen LogP contribution in [0.3, 0.4) is 0 Å². The van der Waals surface area contributed by atoms with E-state index in [9.17, 15) is 19.5 Å². The van der Waals surface area contributed by atoms with E-state index < -0.39 is 18.1 Å². The molecule has 8 heteroatoms. The molecular weight excluding hydrogens is 679 g/mol. The number of nitrogens with zero attached hydrogens (tertiary/aromatic N) is 1. The number of carboxylic acid groups (broad SMARTS) is 1. The lowest BCUT2D eigenvalue weighted by molar-refractivity contribution is -0.889. The molecule has 0 aliphatic rings. The molecule has 2 atom stereocenters. The number of aliphatic carboxylic acids is 1. The number of rotatable bonds is 35. The summed E-state index contributed by atoms with van der Waals surface area (Å²) >= 11 is 0. The Balaban J connectivity index is 4.54. The molecule has 0 fully saturated rings. The van der Waals surface area contributed by atoms with Gasteiger partial charge in [-0.15, -0.1) is 0 Å². The van der Waals surface area contributed by atoms with Gasteiger partial charge in [-0.3, -0.25) is 9.59 Å². The largest absolute Gasteiger partial charge is 0.544 e. The second kappa shape index (κ2) is 36.5. The number of likely N-dealkylation sites (N-methyl/N-ethyl adjacent to an activating group) is 1. The van der Waals surface area contributed by atoms with Crippen LogP contribution in [0.5, 0.6) is 0 Å². The smallest absolute Gasteiger partial charge is 0.306 e. The summed E-state index contributed by atoms with van der Waals surface area (Å²) in [4.78, 5) is 36.7. The number of carbonyl (C=O) groups is 3. The Kier molecular flexibility index (Phi) is 34.1. The van der Waals surface area contributed by atoms with Crippen LogP contribution in [-0.4, -0.2) is 75.5 Å². The van der Waals surface area contributed by atoms with Crippen LogP contribution in [0.1, 0.15) is 136 Å². The van der Waals surface area contributed by atoms with Crippen molar-refractivity contribution in [3.8, 4) is 0 Å². The van der Waals surface area contributed by atoms with Gasteiger partial charge in [0.1, 0.15) is 12.6 Å². The monoisotopic (exact) mass is 754 g/mol. The van der Waals surface area contributed by atoms with Crippen LogP contribution in [0.2, 0.25) is 0 Å². The summed E-state index contributed by atoms with van der Waals surface area (Å²) < 4.78 is 17.0. The van der Waals surface area contributed by atoms with Crippen LogP contribution in [0.15, 0.2) is 85.1 Å². The van der Waals surface area contributed by atoms with E-state index >= 15 is 0 Å². The zero-order valence-corrected chi connectivity index (χ0v) is 34.6. The number of quaternary nitrogens is 1. The van der Waals surface area contributed by atoms with E-state index in [2.05, 4.69) is 62.5 Å². The molecule has 306 valence electrons. The van der Waals surface area contributed by atoms with Gasteiger partial charge in [-0.2, -0.15) is 0 Å². The molecule has 0 amide bonds. The minimum atomic E-state index is -1.14. The molecular formula is C46H75NO7. The van der Waals surface area contributed by atoms with Crippen molar-refractivity contribution in [2.75, 3.05) is 41.0 Å². The van der Waals surface area contributed by atoms with E-state index in [0.29, 0.717) is 12.8 Å². The van der Waals surface area contributed by atoms with Gasteiger partial charge in [0.05, 0.1) is 40.3 Å². The highest BCUT2D eigenvalue weighted by molar-refractivity contribution is 5.70. The van der Waals surface area contributed by atoms with Crippen molar-refractivity contribution < 1.29 is 38.2 Å². The van der Waals surface area contributed by atoms with E-state index in [0.717, 1.165) is 44.9 Å². The fourth-order valence-electron chi connectivity index (χ4n) is 5.39. The van der Waals surface area contributed by atoms with Gasteiger partial charge in [0.25, 0.3) is 0 Å². The lowest BCUT2D eigenvalue weighted by atomic mass is 10.1. The van der Waals surface area contributed by atoms with Crippen molar-refractivity contribution >= 4 is 17.9 Å². The number of ether oxygens (including phenoxy) is 3. The first-order valence-electron chi connectivity index (χ1n) is 20.7. The summed E-state index contributed by atoms with van der Waals surface area (Å²) in [7, 11) is 5.36. The predicted octanol–water partition coefficient (Wildman–Crippen LogP) is 9.63. The molecule has 0 saturated carbocycles. The molecule has 0 aromatic heterocycles. The van der Waals surface area contributed by atoms with E-state index in [1.807, 2.05) is 36.5 Å². The van der Waals surface area contributed by atoms with Crippen molar-refractivity contribution in [3.63, 3.8) is 0 Å². The predicted molar refractivity (Wildman–Crippen MR) is 222 cm³/mol. The second-order valence-electron chi connectivity index (χ2n) is 14.6. The molecule has 0 aliphatic carbocycles. The topological polar surface area (TPSA) is 102 Å². The van der Waals surface area contributed by atoms with Gasteiger partial charge in [0.15, 0.2) is 6.10 Å². The van der Waals surface area contributed by atoms with Gasteiger partial charge in [0, 0.05) is 19.3 Å². The third-order valence-corrected chi connectivity index (χ3v) is 8.61. The van der Waals surface area contributed by atoms with Crippen LogP contribution in [0.4, 0.5) is 0 Å². The Labute approximate surface area is 329 Å². The molecule has 0 heterocycles. The third-order valence-electron chi connectivity index (χ3n) is 8.61. The summed E-state index contributed by atoms with van der Waals surface area (Å²) in [5.41, 5.74) is 0. The number of hydrogen-bond acceptors (Lipinski definition) is 7. The SMILES string of the molecule is CC/C=C/C=C/C=C/C=C/CCCCCC(=O)OC(COCCC(C(=O)[O-])[N+](C)(C)C)COC(=O)CCC/C=C/C/C=C/C/C=C/CCCCCCCC. The lowest BCUT2D eigenvalue weighted by Crippen LogP contribution is -2.55. The van der Waals surface area contributed by atoms with Gasteiger partial charge in [0.2, 0.25) is 0 Å². The van der Waals surface area contributed by atoms with Gasteiger partial charge >= 0.3 is 11.9 Å². The first-order chi connectivity index (χ1) is 26.1. The molecule has 54 heavy (non-hydrogen) atoms. The first kappa shape index (κ1) is 50.5. The fourth-order valence-corrected chi connectivity index (χ4v) is 5.39. The number of carboxylic acids is 1. The maximum Gasteiger partial charge on any atom is 0.306 e. The third kappa shape index (κ3) is 34.3. The fraction of sp³-hybridized carbons (Fsp3) is 0.630. The second-order valence-corrected chi connectivity index (χ2v) is 14.6. The normalized spacial score (nSPS) is 13.9. The highest BCUT2D eigenvalue weighted by Crippen LogP contribution is 2.11. The summed E-state index contributed by atoms with van der Waals surface area (Å²) in [6.45, 7) is 4.38. The zero-order chi connectivity index (χ0) is 40.0. The Bertz CT molecular complexity index is 1160. The highest BCUT2D eigenvalue weighted by Gasteiger charge is 2.25. The van der Waals surface area contributed by atoms with E-state index in [1.165, 1.54) is 44.9 Å². The molecule has 0 aromatic rings. The number of hydrogen-bond donors (Lipinski definition) is 0. The van der Waals surface area contributed by atoms with Gasteiger partial charge in [-0.25, -0.2) is 0 Å². The molecule has 0 rings (SSSR count). The van der Waals surface area contributed by atoms with Crippen LogP contribution in [-0.2, 0) is 28.6 Å². The molecule has 0 aromatic carbocycles. The van der Waals surface area contributed by atoms with Crippen molar-refractivity contribution in [3.05, 3.63) is 85.1 Å². The quantitative estimate of drug-likeness (QED) is 0.0209. The molecule has 0 aliphatic heterocycles. The van der Waals surface area contributed by atoms with Gasteiger partial charge in [-0.05, 0) is 64.2 Å². The lowest BCUT2D eigenvalue weighted by Gasteiger charge is -2.34. The first-order valence-corrected chi connectivity index (χ1v) is 20.7. The Morgan fingerprint density at radius 2 is 1.13 bits per heavy atom. The molecule has 0 spiro atoms. The number of unbranched alkanes of at least 4 members (excludes halogenated alkanes) is 10. The van der Waals surface area contributed by atoms with Crippen LogP contribution < -0.4 is 5.11 Å². The summed E-state index contributed by atoms with van der Waals surface area (Å²) in [5.74, 6) is -1.87. The van der Waals surface area contributed by atoms with Crippen molar-refractivity contribution in [2.45, 2.75) is 148 Å². The molecule has 8 nitrogen and oxygen atoms in total. The molecule has 0 N–H and O–H groups in total. The standard InChI is InChI=1S/C46H75NO7/c1-6-8-10-12-14-16-18-20-21-22-23-25-26-28-30-32-34-36-44(48)53-41-42(40-52-39-38-43(46(50)51)47(3,4)5)54-45(49)37-35-33-31-29-27-24-19-17-15-13-11-9-7-2/h9,11,13,15,17,19-21,23-25,27-28,30,42-43H,6-8,10,12,14,16,18,22,26,29,31-41H2,1-5H3/b11-9+,15-13+,19-17+,21-20+,25-23+,27-24+,30-28+. The molecule has 0 saturated heterocycles. The Morgan fingerprint density at radius 1 is 0.593 bits per heavy atom. The average molecular weight is 754 g/mol. The van der Waals surface area contributed by atoms with Crippen molar-refractivity contribution in [1.82, 2.24) is 0 Å². The van der Waals surface area contributed by atoms with E-state index in [-0.39, 0.29) is 55.5 Å².